The van der Waals surface area contributed by atoms with E-state index in [1.54, 1.807) is 11.4 Å². The van der Waals surface area contributed by atoms with Crippen LogP contribution in [-0.4, -0.2) is 30.9 Å². The molecule has 1 N–H and O–H groups in total. The maximum Gasteiger partial charge on any atom is 0.243 e. The van der Waals surface area contributed by atoms with Gasteiger partial charge in [-0.15, -0.1) is 11.3 Å². The summed E-state index contributed by atoms with van der Waals surface area (Å²) in [6.45, 7) is 6.96. The molecule has 6 heteroatoms. The van der Waals surface area contributed by atoms with Crippen LogP contribution in [-0.2, 0) is 16.6 Å². The molecule has 19 heavy (non-hydrogen) atoms. The molecule has 0 aliphatic carbocycles. The second-order valence-electron chi connectivity index (χ2n) is 4.55. The van der Waals surface area contributed by atoms with E-state index < -0.39 is 10.0 Å². The van der Waals surface area contributed by atoms with Crippen molar-refractivity contribution in [1.29, 1.82) is 0 Å². The molecule has 1 aromatic rings. The van der Waals surface area contributed by atoms with E-state index in [0.29, 0.717) is 28.8 Å². The lowest BCUT2D eigenvalue weighted by Crippen LogP contribution is -2.34. The highest BCUT2D eigenvalue weighted by molar-refractivity contribution is 7.89. The minimum atomic E-state index is -3.42. The van der Waals surface area contributed by atoms with Crippen molar-refractivity contribution < 1.29 is 13.5 Å². The Morgan fingerprint density at radius 2 is 1.95 bits per heavy atom. The molecule has 0 fully saturated rings. The van der Waals surface area contributed by atoms with Gasteiger partial charge in [-0.3, -0.25) is 0 Å². The second-order valence-corrected chi connectivity index (χ2v) is 7.48. The Labute approximate surface area is 120 Å². The van der Waals surface area contributed by atoms with Crippen LogP contribution in [0.1, 0.15) is 38.5 Å². The van der Waals surface area contributed by atoms with Gasteiger partial charge < -0.3 is 5.11 Å². The average molecular weight is 305 g/mol. The summed E-state index contributed by atoms with van der Waals surface area (Å²) in [6, 6.07) is 1.57. The van der Waals surface area contributed by atoms with Crippen LogP contribution >= 0.6 is 11.3 Å². The van der Waals surface area contributed by atoms with E-state index in [1.165, 1.54) is 15.6 Å². The lowest BCUT2D eigenvalue weighted by molar-refractivity contribution is 0.285. The topological polar surface area (TPSA) is 57.6 Å². The zero-order valence-corrected chi connectivity index (χ0v) is 13.4. The monoisotopic (exact) mass is 305 g/mol. The summed E-state index contributed by atoms with van der Waals surface area (Å²) in [5, 5.41) is 10.6. The first-order valence-corrected chi connectivity index (χ1v) is 8.99. The van der Waals surface area contributed by atoms with Gasteiger partial charge in [0.2, 0.25) is 10.0 Å². The number of rotatable bonds is 8. The molecular weight excluding hydrogens is 282 g/mol. The molecule has 0 atom stereocenters. The minimum absolute atomic E-state index is 0.112. The summed E-state index contributed by atoms with van der Waals surface area (Å²) >= 11 is 1.28. The van der Waals surface area contributed by atoms with Gasteiger partial charge in [0.05, 0.1) is 11.5 Å². The third kappa shape index (κ3) is 4.02. The highest BCUT2D eigenvalue weighted by atomic mass is 32.2. The summed E-state index contributed by atoms with van der Waals surface area (Å²) in [5.74, 6) is 0.394. The van der Waals surface area contributed by atoms with Gasteiger partial charge in [-0.2, -0.15) is 4.31 Å². The van der Waals surface area contributed by atoms with Gasteiger partial charge in [-0.1, -0.05) is 33.6 Å². The fraction of sp³-hybridized carbons (Fsp3) is 0.692. The van der Waals surface area contributed by atoms with E-state index in [2.05, 4.69) is 13.8 Å². The van der Waals surface area contributed by atoms with Crippen molar-refractivity contribution >= 4 is 21.4 Å². The molecule has 0 radical (unpaired) electrons. The zero-order chi connectivity index (χ0) is 14.5. The number of thiophene rings is 1. The maximum atomic E-state index is 12.5. The molecule has 0 spiro atoms. The summed E-state index contributed by atoms with van der Waals surface area (Å²) in [4.78, 5) is 0.978. The molecule has 0 saturated heterocycles. The van der Waals surface area contributed by atoms with Crippen molar-refractivity contribution in [3.8, 4) is 0 Å². The minimum Gasteiger partial charge on any atom is -0.391 e. The molecule has 1 heterocycles. The average Bonchev–Trinajstić information content (AvgIpc) is 2.89. The molecular formula is C13H23NO3S2. The Kier molecular flexibility index (Phi) is 6.46. The Morgan fingerprint density at radius 1 is 1.32 bits per heavy atom. The number of aliphatic hydroxyl groups is 1. The highest BCUT2D eigenvalue weighted by Gasteiger charge is 2.25. The van der Waals surface area contributed by atoms with Crippen molar-refractivity contribution in [2.45, 2.75) is 45.1 Å². The van der Waals surface area contributed by atoms with Crippen molar-refractivity contribution in [3.63, 3.8) is 0 Å². The standard InChI is InChI=1S/C13H23NO3S2/c1-4-11(5-2)8-14(6-3)19(16,17)13-7-12(9-15)18-10-13/h7,10-11,15H,4-6,8-9H2,1-3H3. The summed E-state index contributed by atoms with van der Waals surface area (Å²) in [6.07, 6.45) is 1.96. The predicted molar refractivity (Wildman–Crippen MR) is 78.7 cm³/mol. The fourth-order valence-electron chi connectivity index (χ4n) is 1.96. The van der Waals surface area contributed by atoms with Crippen molar-refractivity contribution in [2.75, 3.05) is 13.1 Å². The van der Waals surface area contributed by atoms with Crippen LogP contribution in [0.15, 0.2) is 16.3 Å². The third-order valence-electron chi connectivity index (χ3n) is 3.39. The van der Waals surface area contributed by atoms with Gasteiger partial charge in [0.1, 0.15) is 0 Å². The fourth-order valence-corrected chi connectivity index (χ4v) is 4.61. The van der Waals surface area contributed by atoms with Gasteiger partial charge in [0.25, 0.3) is 0 Å². The lowest BCUT2D eigenvalue weighted by atomic mass is 10.0. The smallest absolute Gasteiger partial charge is 0.243 e. The molecule has 0 aromatic carbocycles. The molecule has 1 rings (SSSR count). The summed E-state index contributed by atoms with van der Waals surface area (Å²) in [5.41, 5.74) is 0. The Balaban J connectivity index is 2.95. The van der Waals surface area contributed by atoms with Gasteiger partial charge in [0, 0.05) is 23.3 Å². The third-order valence-corrected chi connectivity index (χ3v) is 6.38. The molecule has 0 bridgehead atoms. The lowest BCUT2D eigenvalue weighted by Gasteiger charge is -2.24. The molecule has 0 amide bonds. The van der Waals surface area contributed by atoms with E-state index in [0.717, 1.165) is 12.8 Å². The van der Waals surface area contributed by atoms with E-state index in [9.17, 15) is 8.42 Å². The number of sulfonamides is 1. The molecule has 0 saturated carbocycles. The molecule has 4 nitrogen and oxygen atoms in total. The van der Waals surface area contributed by atoms with Gasteiger partial charge in [-0.05, 0) is 12.0 Å². The Hall–Kier alpha value is -0.430. The van der Waals surface area contributed by atoms with Crippen LogP contribution in [0.4, 0.5) is 0 Å². The van der Waals surface area contributed by atoms with Crippen LogP contribution in [0, 0.1) is 5.92 Å². The second kappa shape index (κ2) is 7.38. The van der Waals surface area contributed by atoms with E-state index in [-0.39, 0.29) is 6.61 Å². The molecule has 0 unspecified atom stereocenters. The maximum absolute atomic E-state index is 12.5. The predicted octanol–water partition coefficient (Wildman–Crippen LogP) is 2.69. The summed E-state index contributed by atoms with van der Waals surface area (Å²) in [7, 11) is -3.42. The van der Waals surface area contributed by atoms with Crippen molar-refractivity contribution in [3.05, 3.63) is 16.3 Å². The van der Waals surface area contributed by atoms with Crippen LogP contribution in [0.3, 0.4) is 0 Å². The largest absolute Gasteiger partial charge is 0.391 e. The molecule has 0 aliphatic heterocycles. The van der Waals surface area contributed by atoms with Crippen molar-refractivity contribution in [2.24, 2.45) is 5.92 Å². The van der Waals surface area contributed by atoms with E-state index >= 15 is 0 Å². The molecule has 0 aliphatic rings. The van der Waals surface area contributed by atoms with Gasteiger partial charge >= 0.3 is 0 Å². The SMILES string of the molecule is CCC(CC)CN(CC)S(=O)(=O)c1csc(CO)c1. The van der Waals surface area contributed by atoms with Crippen LogP contribution < -0.4 is 0 Å². The first-order valence-electron chi connectivity index (χ1n) is 6.67. The van der Waals surface area contributed by atoms with Crippen molar-refractivity contribution in [1.82, 2.24) is 4.31 Å². The number of hydrogen-bond donors (Lipinski definition) is 1. The van der Waals surface area contributed by atoms with E-state index in [1.807, 2.05) is 6.92 Å². The zero-order valence-electron chi connectivity index (χ0n) is 11.8. The summed E-state index contributed by atoms with van der Waals surface area (Å²) < 4.78 is 26.6. The first-order chi connectivity index (χ1) is 8.99. The number of nitrogens with zero attached hydrogens (tertiary/aromatic N) is 1. The quantitative estimate of drug-likeness (QED) is 0.803. The number of hydrogen-bond acceptors (Lipinski definition) is 4. The van der Waals surface area contributed by atoms with Crippen LogP contribution in [0.2, 0.25) is 0 Å². The van der Waals surface area contributed by atoms with Crippen LogP contribution in [0.5, 0.6) is 0 Å². The normalized spacial score (nSPS) is 12.5. The van der Waals surface area contributed by atoms with Gasteiger partial charge in [0.15, 0.2) is 0 Å². The van der Waals surface area contributed by atoms with E-state index in [4.69, 9.17) is 5.11 Å². The first kappa shape index (κ1) is 16.6. The highest BCUT2D eigenvalue weighted by Crippen LogP contribution is 2.24. The Bertz CT molecular complexity index is 478. The molecule has 110 valence electrons. The number of aliphatic hydroxyl groups excluding tert-OH is 1. The molecule has 1 aromatic heterocycles. The van der Waals surface area contributed by atoms with Crippen LogP contribution in [0.25, 0.3) is 0 Å². The van der Waals surface area contributed by atoms with Gasteiger partial charge in [-0.25, -0.2) is 8.42 Å². The Morgan fingerprint density at radius 3 is 2.37 bits per heavy atom.